The van der Waals surface area contributed by atoms with Gasteiger partial charge in [0, 0.05) is 20.5 Å². The lowest BCUT2D eigenvalue weighted by molar-refractivity contribution is -0.802. The summed E-state index contributed by atoms with van der Waals surface area (Å²) in [4.78, 5) is 18.2. The standard InChI is InChI=1S/C25H29ClFN10O/c1-31-35(3)33-22(28)21-23(29)34(2)14-36(24(21)30)12-6-11-19-32-18-10-5-9-17(26)20(18)25(38)37(19)16-8-4-7-15(27)13-16/h4-5,7-10,13-14,31H,6,11-12H2,1-3H3,(H5,28,29,30,33)/q+1/p+1. The van der Waals surface area contributed by atoms with Crippen molar-refractivity contribution in [2.24, 2.45) is 17.9 Å². The number of anilines is 2. The molecule has 13 heteroatoms. The van der Waals surface area contributed by atoms with Crippen molar-refractivity contribution >= 4 is 40.0 Å². The van der Waals surface area contributed by atoms with E-state index in [0.717, 1.165) is 0 Å². The number of halogens is 2. The number of rotatable bonds is 8. The molecule has 0 aliphatic rings. The minimum Gasteiger partial charge on any atom is -0.381 e. The first-order valence-electron chi connectivity index (χ1n) is 11.8. The molecule has 4 rings (SSSR count). The van der Waals surface area contributed by atoms with Gasteiger partial charge in [-0.3, -0.25) is 15.1 Å². The Balaban J connectivity index is 1.72. The summed E-state index contributed by atoms with van der Waals surface area (Å²) in [6, 6.07) is 10.9. The van der Waals surface area contributed by atoms with Gasteiger partial charge >= 0.3 is 12.1 Å². The fourth-order valence-electron chi connectivity index (χ4n) is 4.18. The van der Waals surface area contributed by atoms with E-state index in [1.165, 1.54) is 21.8 Å². The lowest BCUT2D eigenvalue weighted by atomic mass is 10.2. The molecule has 0 saturated carbocycles. The van der Waals surface area contributed by atoms with Gasteiger partial charge in [-0.15, -0.1) is 5.10 Å². The minimum atomic E-state index is -0.465. The van der Waals surface area contributed by atoms with Gasteiger partial charge in [0.05, 0.1) is 21.6 Å². The van der Waals surface area contributed by atoms with Crippen LogP contribution in [0.5, 0.6) is 0 Å². The number of hydrazone groups is 1. The topological polar surface area (TPSA) is 148 Å². The van der Waals surface area contributed by atoms with Crippen molar-refractivity contribution in [1.29, 1.82) is 0 Å². The Morgan fingerprint density at radius 3 is 2.68 bits per heavy atom. The van der Waals surface area contributed by atoms with Gasteiger partial charge in [-0.1, -0.05) is 23.7 Å². The van der Waals surface area contributed by atoms with Crippen LogP contribution in [0.1, 0.15) is 17.8 Å². The molecule has 0 aliphatic heterocycles. The number of hydrogen-bond acceptors (Lipinski definition) is 7. The number of benzene rings is 2. The van der Waals surface area contributed by atoms with E-state index in [-0.39, 0.29) is 21.8 Å². The molecule has 2 aromatic heterocycles. The minimum absolute atomic E-state index is 0.148. The number of nitrogens with zero attached hydrogens (tertiary/aromatic N) is 6. The number of nitrogen functional groups attached to an aromatic ring is 2. The summed E-state index contributed by atoms with van der Waals surface area (Å²) >= 11 is 6.33. The monoisotopic (exact) mass is 540 g/mol. The second-order valence-corrected chi connectivity index (χ2v) is 9.09. The van der Waals surface area contributed by atoms with Crippen LogP contribution in [-0.4, -0.2) is 34.6 Å². The lowest BCUT2D eigenvalue weighted by Gasteiger charge is -2.15. The van der Waals surface area contributed by atoms with E-state index in [9.17, 15) is 9.18 Å². The van der Waals surface area contributed by atoms with E-state index in [0.29, 0.717) is 53.6 Å². The Labute approximate surface area is 223 Å². The van der Waals surface area contributed by atoms with E-state index in [4.69, 9.17) is 33.8 Å². The number of aryl methyl sites for hydroxylation is 3. The lowest BCUT2D eigenvalue weighted by Crippen LogP contribution is -2.51. The van der Waals surface area contributed by atoms with Gasteiger partial charge in [0.2, 0.25) is 5.82 Å². The maximum absolute atomic E-state index is 14.1. The van der Waals surface area contributed by atoms with Crippen molar-refractivity contribution in [1.82, 2.24) is 20.1 Å². The molecule has 4 aromatic rings. The number of hydrazine groups is 1. The highest BCUT2D eigenvalue weighted by molar-refractivity contribution is 6.35. The third-order valence-corrected chi connectivity index (χ3v) is 6.45. The van der Waals surface area contributed by atoms with Crippen LogP contribution in [0, 0.1) is 5.82 Å². The fraction of sp³-hybridized carbons (Fsp3) is 0.240. The van der Waals surface area contributed by atoms with E-state index < -0.39 is 5.82 Å². The number of hydrogen-bond donors (Lipinski definition) is 4. The highest BCUT2D eigenvalue weighted by atomic mass is 35.5. The summed E-state index contributed by atoms with van der Waals surface area (Å²) in [6.45, 7) is 0.453. The van der Waals surface area contributed by atoms with E-state index in [1.54, 1.807) is 66.9 Å². The first kappa shape index (κ1) is 26.8. The number of aromatic nitrogens is 4. The summed E-state index contributed by atoms with van der Waals surface area (Å²) in [6.07, 6.45) is 2.69. The molecule has 2 aromatic carbocycles. The van der Waals surface area contributed by atoms with Gasteiger partial charge in [0.25, 0.3) is 5.56 Å². The molecule has 198 valence electrons. The summed E-state index contributed by atoms with van der Waals surface area (Å²) in [5.74, 6) is 0.846. The third-order valence-electron chi connectivity index (χ3n) is 6.13. The van der Waals surface area contributed by atoms with Crippen LogP contribution in [0.15, 0.2) is 58.7 Å². The van der Waals surface area contributed by atoms with E-state index in [2.05, 4.69) is 10.5 Å². The molecule has 0 spiro atoms. The largest absolute Gasteiger partial charge is 0.381 e. The second kappa shape index (κ2) is 11.0. The van der Waals surface area contributed by atoms with Crippen LogP contribution in [0.2, 0.25) is 5.02 Å². The van der Waals surface area contributed by atoms with Crippen LogP contribution >= 0.6 is 11.6 Å². The number of nitrogens with one attached hydrogen (secondary N) is 1. The highest BCUT2D eigenvalue weighted by Crippen LogP contribution is 2.21. The predicted molar refractivity (Wildman–Crippen MR) is 145 cm³/mol. The maximum atomic E-state index is 14.1. The van der Waals surface area contributed by atoms with Crippen molar-refractivity contribution in [2.75, 3.05) is 25.6 Å². The van der Waals surface area contributed by atoms with Crippen molar-refractivity contribution in [3.05, 3.63) is 81.4 Å². The van der Waals surface area contributed by atoms with Crippen molar-refractivity contribution < 1.29 is 13.5 Å². The predicted octanol–water partition coefficient (Wildman–Crippen LogP) is 0.774. The molecule has 0 bridgehead atoms. The Kier molecular flexibility index (Phi) is 7.74. The zero-order valence-corrected chi connectivity index (χ0v) is 22.1. The average molecular weight is 541 g/mol. The second-order valence-electron chi connectivity index (χ2n) is 8.68. The molecule has 0 fully saturated rings. The SMILES string of the molecule is CNN(C)N=C(N)c1c(N)[n+](C)c[n+](CCCc2nc3cccc(Cl)c3c(=O)n2-c2cccc(F)c2)c1N. The van der Waals surface area contributed by atoms with Crippen LogP contribution < -0.4 is 37.3 Å². The first-order chi connectivity index (χ1) is 18.1. The summed E-state index contributed by atoms with van der Waals surface area (Å²) in [5.41, 5.74) is 22.6. The normalized spacial score (nSPS) is 11.8. The Hall–Kier alpha value is -4.29. The van der Waals surface area contributed by atoms with Crippen molar-refractivity contribution in [3.8, 4) is 5.69 Å². The molecule has 0 amide bonds. The zero-order valence-electron chi connectivity index (χ0n) is 21.3. The first-order valence-corrected chi connectivity index (χ1v) is 12.2. The fourth-order valence-corrected chi connectivity index (χ4v) is 4.43. The average Bonchev–Trinajstić information content (AvgIpc) is 2.87. The van der Waals surface area contributed by atoms with Crippen molar-refractivity contribution in [2.45, 2.75) is 19.4 Å². The Bertz CT molecular complexity index is 1600. The quantitative estimate of drug-likeness (QED) is 0.112. The molecule has 2 heterocycles. The van der Waals surface area contributed by atoms with Gasteiger partial charge in [0.1, 0.15) is 25.2 Å². The van der Waals surface area contributed by atoms with Gasteiger partial charge in [-0.25, -0.2) is 19.9 Å². The van der Waals surface area contributed by atoms with Gasteiger partial charge in [-0.2, -0.15) is 9.13 Å². The van der Waals surface area contributed by atoms with E-state index >= 15 is 0 Å². The highest BCUT2D eigenvalue weighted by Gasteiger charge is 2.26. The Morgan fingerprint density at radius 2 is 1.97 bits per heavy atom. The molecule has 0 aliphatic carbocycles. The van der Waals surface area contributed by atoms with Crippen LogP contribution in [-0.2, 0) is 20.0 Å². The summed E-state index contributed by atoms with van der Waals surface area (Å²) < 4.78 is 19.0. The van der Waals surface area contributed by atoms with Gasteiger partial charge in [-0.05, 0) is 36.8 Å². The molecule has 0 radical (unpaired) electrons. The molecule has 0 atom stereocenters. The molecular formula is C25H30ClFN10O+2. The molecular weight excluding hydrogens is 511 g/mol. The zero-order chi connectivity index (χ0) is 27.6. The Morgan fingerprint density at radius 1 is 1.24 bits per heavy atom. The molecule has 11 nitrogen and oxygen atoms in total. The summed E-state index contributed by atoms with van der Waals surface area (Å²) in [5, 5.41) is 6.23. The smallest absolute Gasteiger partial charge is 0.348 e. The third kappa shape index (κ3) is 5.22. The van der Waals surface area contributed by atoms with Crippen molar-refractivity contribution in [3.63, 3.8) is 0 Å². The van der Waals surface area contributed by atoms with E-state index in [1.807, 2.05) is 0 Å². The van der Waals surface area contributed by atoms with Crippen LogP contribution in [0.4, 0.5) is 16.0 Å². The maximum Gasteiger partial charge on any atom is 0.348 e. The summed E-state index contributed by atoms with van der Waals surface area (Å²) in [7, 11) is 5.17. The number of fused-ring (bicyclic) bond motifs is 1. The van der Waals surface area contributed by atoms with Crippen LogP contribution in [0.3, 0.4) is 0 Å². The molecule has 0 unspecified atom stereocenters. The number of amidine groups is 1. The van der Waals surface area contributed by atoms with Gasteiger partial charge in [0.15, 0.2) is 11.4 Å². The molecule has 38 heavy (non-hydrogen) atoms. The van der Waals surface area contributed by atoms with Gasteiger partial charge < -0.3 is 11.5 Å². The number of nitrogens with two attached hydrogens (primary N) is 3. The molecule has 0 saturated heterocycles. The van der Waals surface area contributed by atoms with Crippen LogP contribution in [0.25, 0.3) is 16.6 Å². The molecule has 7 N–H and O–H groups in total.